The third-order valence-corrected chi connectivity index (χ3v) is 8.20. The average Bonchev–Trinajstić information content (AvgIpc) is 3.60. The number of methoxy groups -OCH3 is 2. The molecule has 36 heavy (non-hydrogen) atoms. The first-order chi connectivity index (χ1) is 17.5. The van der Waals surface area contributed by atoms with Crippen molar-refractivity contribution in [3.63, 3.8) is 0 Å². The van der Waals surface area contributed by atoms with Crippen LogP contribution in [0, 0.1) is 0 Å². The summed E-state index contributed by atoms with van der Waals surface area (Å²) in [6.45, 7) is 2.74. The maximum atomic E-state index is 13.8. The number of allylic oxidation sites excluding steroid dienone is 3. The Balaban J connectivity index is 1.57. The number of esters is 1. The maximum Gasteiger partial charge on any atom is 0.336 e. The van der Waals surface area contributed by atoms with Crippen LogP contribution in [0.15, 0.2) is 58.3 Å². The van der Waals surface area contributed by atoms with Crippen molar-refractivity contribution in [2.24, 2.45) is 0 Å². The van der Waals surface area contributed by atoms with Crippen LogP contribution in [-0.4, -0.2) is 45.3 Å². The van der Waals surface area contributed by atoms with Crippen LogP contribution >= 0.6 is 11.3 Å². The Hall–Kier alpha value is -3.10. The minimum Gasteiger partial charge on any atom is -0.493 e. The molecule has 0 unspecified atom stereocenters. The van der Waals surface area contributed by atoms with Gasteiger partial charge in [-0.05, 0) is 43.7 Å². The molecule has 190 valence electrons. The number of hydrogen-bond donors (Lipinski definition) is 1. The maximum absolute atomic E-state index is 13.8. The van der Waals surface area contributed by atoms with Crippen molar-refractivity contribution in [1.29, 1.82) is 0 Å². The average molecular weight is 510 g/mol. The predicted molar refractivity (Wildman–Crippen MR) is 136 cm³/mol. The molecule has 3 aliphatic rings. The Bertz CT molecular complexity index is 1210. The molecule has 0 spiro atoms. The van der Waals surface area contributed by atoms with Gasteiger partial charge in [-0.1, -0.05) is 18.2 Å². The van der Waals surface area contributed by atoms with E-state index in [4.69, 9.17) is 18.9 Å². The standard InChI is InChI=1S/C28H31NO6S/c1-16-24(28(31)35-15-18-7-5-11-34-18)25(19-8-4-9-22(32-2)27(19)33-3)26-20(29-16)13-17(14-21(26)30)23-10-6-12-36-23/h4,6,8-10,12,17-18,25,29H,5,7,11,13-15H2,1-3H3/t17-,18+,25-/m1/s1. The Labute approximate surface area is 215 Å². The normalized spacial score (nSPS) is 23.9. The molecule has 8 heteroatoms. The van der Waals surface area contributed by atoms with Crippen molar-refractivity contribution >= 4 is 23.1 Å². The zero-order chi connectivity index (χ0) is 25.2. The van der Waals surface area contributed by atoms with Crippen LogP contribution in [0.3, 0.4) is 0 Å². The highest BCUT2D eigenvalue weighted by Gasteiger charge is 2.43. The van der Waals surface area contributed by atoms with E-state index in [1.165, 1.54) is 4.88 Å². The number of Topliss-reactive ketones (excluding diaryl/α,β-unsaturated/α-hetero) is 1. The molecule has 0 saturated carbocycles. The number of hydrogen-bond acceptors (Lipinski definition) is 8. The second-order valence-corrected chi connectivity index (χ2v) is 10.3. The van der Waals surface area contributed by atoms with Crippen molar-refractivity contribution in [3.8, 4) is 11.5 Å². The van der Waals surface area contributed by atoms with E-state index < -0.39 is 11.9 Å². The van der Waals surface area contributed by atoms with Gasteiger partial charge in [0, 0.05) is 46.4 Å². The lowest BCUT2D eigenvalue weighted by Crippen LogP contribution is -2.36. The molecule has 1 aromatic heterocycles. The molecule has 2 aliphatic heterocycles. The highest BCUT2D eigenvalue weighted by molar-refractivity contribution is 7.10. The largest absolute Gasteiger partial charge is 0.493 e. The van der Waals surface area contributed by atoms with Gasteiger partial charge >= 0.3 is 5.97 Å². The van der Waals surface area contributed by atoms with E-state index in [9.17, 15) is 9.59 Å². The van der Waals surface area contributed by atoms with E-state index in [-0.39, 0.29) is 24.4 Å². The predicted octanol–water partition coefficient (Wildman–Crippen LogP) is 4.85. The number of thiophene rings is 1. The molecular weight excluding hydrogens is 478 g/mol. The Morgan fingerprint density at radius 3 is 2.72 bits per heavy atom. The van der Waals surface area contributed by atoms with Gasteiger partial charge in [0.2, 0.25) is 0 Å². The lowest BCUT2D eigenvalue weighted by molar-refractivity contribution is -0.142. The van der Waals surface area contributed by atoms with Gasteiger partial charge in [-0.25, -0.2) is 4.79 Å². The number of ether oxygens (including phenoxy) is 4. The first-order valence-electron chi connectivity index (χ1n) is 12.3. The van der Waals surface area contributed by atoms with Gasteiger partial charge in [-0.15, -0.1) is 11.3 Å². The van der Waals surface area contributed by atoms with E-state index in [0.717, 1.165) is 18.5 Å². The highest BCUT2D eigenvalue weighted by atomic mass is 32.1. The molecule has 5 rings (SSSR count). The van der Waals surface area contributed by atoms with Gasteiger partial charge in [0.1, 0.15) is 6.61 Å². The van der Waals surface area contributed by atoms with Crippen LogP contribution in [0.4, 0.5) is 0 Å². The zero-order valence-electron chi connectivity index (χ0n) is 20.8. The summed E-state index contributed by atoms with van der Waals surface area (Å²) in [7, 11) is 3.14. The molecule has 1 aliphatic carbocycles. The van der Waals surface area contributed by atoms with Crippen LogP contribution in [0.5, 0.6) is 11.5 Å². The molecule has 1 N–H and O–H groups in total. The number of carbonyl (C=O) groups excluding carboxylic acids is 2. The van der Waals surface area contributed by atoms with Crippen molar-refractivity contribution < 1.29 is 28.5 Å². The molecule has 1 saturated heterocycles. The van der Waals surface area contributed by atoms with Gasteiger partial charge < -0.3 is 24.3 Å². The SMILES string of the molecule is COc1cccc([C@@H]2C(C(=O)OC[C@@H]3CCCO3)=C(C)NC3=C2C(=O)C[C@H](c2cccs2)C3)c1OC. The van der Waals surface area contributed by atoms with Crippen molar-refractivity contribution in [2.45, 2.75) is 50.5 Å². The Kier molecular flexibility index (Phi) is 7.16. The monoisotopic (exact) mass is 509 g/mol. The third-order valence-electron chi connectivity index (χ3n) is 7.16. The van der Waals surface area contributed by atoms with E-state index in [1.807, 2.05) is 30.5 Å². The van der Waals surface area contributed by atoms with Crippen molar-refractivity contribution in [3.05, 3.63) is 68.7 Å². The molecule has 0 bridgehead atoms. The minimum absolute atomic E-state index is 0.0222. The first-order valence-corrected chi connectivity index (χ1v) is 13.2. The summed E-state index contributed by atoms with van der Waals surface area (Å²) in [6.07, 6.45) is 2.83. The number of rotatable bonds is 7. The van der Waals surface area contributed by atoms with E-state index in [0.29, 0.717) is 53.4 Å². The van der Waals surface area contributed by atoms with E-state index in [1.54, 1.807) is 31.6 Å². The molecule has 0 radical (unpaired) electrons. The fourth-order valence-corrected chi connectivity index (χ4v) is 6.34. The summed E-state index contributed by atoms with van der Waals surface area (Å²) in [5.74, 6) is 0.0980. The second kappa shape index (κ2) is 10.5. The van der Waals surface area contributed by atoms with Crippen LogP contribution in [0.25, 0.3) is 0 Å². The Morgan fingerprint density at radius 1 is 1.17 bits per heavy atom. The topological polar surface area (TPSA) is 83.1 Å². The molecule has 1 aromatic carbocycles. The smallest absolute Gasteiger partial charge is 0.336 e. The fourth-order valence-electron chi connectivity index (χ4n) is 5.51. The van der Waals surface area contributed by atoms with Crippen LogP contribution in [0.1, 0.15) is 54.9 Å². The number of carbonyl (C=O) groups is 2. The summed E-state index contributed by atoms with van der Waals surface area (Å²) < 4.78 is 22.7. The zero-order valence-corrected chi connectivity index (χ0v) is 21.6. The summed E-state index contributed by atoms with van der Waals surface area (Å²) in [5.41, 5.74) is 3.26. The third kappa shape index (κ3) is 4.55. The number of nitrogens with one attached hydrogen (secondary N) is 1. The number of ketones is 1. The van der Waals surface area contributed by atoms with Gasteiger partial charge in [-0.3, -0.25) is 4.79 Å². The van der Waals surface area contributed by atoms with Crippen LogP contribution < -0.4 is 14.8 Å². The fraction of sp³-hybridized carbons (Fsp3) is 0.429. The van der Waals surface area contributed by atoms with Gasteiger partial charge in [0.15, 0.2) is 17.3 Å². The first kappa shape index (κ1) is 24.6. The number of para-hydroxylation sites is 1. The molecular formula is C28H31NO6S. The van der Waals surface area contributed by atoms with Gasteiger partial charge in [0.05, 0.1) is 31.8 Å². The lowest BCUT2D eigenvalue weighted by Gasteiger charge is -2.37. The Morgan fingerprint density at radius 2 is 2.03 bits per heavy atom. The molecule has 0 amide bonds. The summed E-state index contributed by atoms with van der Waals surface area (Å²) in [5, 5.41) is 5.44. The summed E-state index contributed by atoms with van der Waals surface area (Å²) >= 11 is 1.67. The molecule has 7 nitrogen and oxygen atoms in total. The van der Waals surface area contributed by atoms with Gasteiger partial charge in [0.25, 0.3) is 0 Å². The molecule has 3 atom stereocenters. The van der Waals surface area contributed by atoms with Crippen LogP contribution in [-0.2, 0) is 19.1 Å². The number of dihydropyridines is 1. The highest BCUT2D eigenvalue weighted by Crippen LogP contribution is 2.49. The summed E-state index contributed by atoms with van der Waals surface area (Å²) in [4.78, 5) is 28.5. The van der Waals surface area contributed by atoms with Crippen molar-refractivity contribution in [2.75, 3.05) is 27.4 Å². The summed E-state index contributed by atoms with van der Waals surface area (Å²) in [6, 6.07) is 9.64. The second-order valence-electron chi connectivity index (χ2n) is 9.35. The van der Waals surface area contributed by atoms with E-state index >= 15 is 0 Å². The van der Waals surface area contributed by atoms with Crippen molar-refractivity contribution in [1.82, 2.24) is 5.32 Å². The molecule has 2 aromatic rings. The molecule has 3 heterocycles. The van der Waals surface area contributed by atoms with E-state index in [2.05, 4.69) is 11.4 Å². The van der Waals surface area contributed by atoms with Gasteiger partial charge in [-0.2, -0.15) is 0 Å². The molecule has 1 fully saturated rings. The minimum atomic E-state index is -0.625. The lowest BCUT2D eigenvalue weighted by atomic mass is 9.72. The van der Waals surface area contributed by atoms with Crippen LogP contribution in [0.2, 0.25) is 0 Å². The number of benzene rings is 1. The quantitative estimate of drug-likeness (QED) is 0.534.